The van der Waals surface area contributed by atoms with Crippen molar-refractivity contribution in [1.29, 1.82) is 0 Å². The molecule has 1 atom stereocenters. The Labute approximate surface area is 72.3 Å². The maximum absolute atomic E-state index is 9.05. The van der Waals surface area contributed by atoms with E-state index in [4.69, 9.17) is 5.11 Å². The Morgan fingerprint density at radius 3 is 3.17 bits per heavy atom. The van der Waals surface area contributed by atoms with Gasteiger partial charge in [0, 0.05) is 12.4 Å². The van der Waals surface area contributed by atoms with Crippen LogP contribution in [0.3, 0.4) is 0 Å². The van der Waals surface area contributed by atoms with Crippen molar-refractivity contribution in [2.75, 3.05) is 0 Å². The molecule has 1 aromatic rings. The highest BCUT2D eigenvalue weighted by atomic mass is 16.3. The molecule has 12 heavy (non-hydrogen) atoms. The van der Waals surface area contributed by atoms with Crippen molar-refractivity contribution in [2.45, 2.75) is 32.3 Å². The van der Waals surface area contributed by atoms with E-state index >= 15 is 0 Å². The molecule has 0 fully saturated rings. The molecule has 2 rings (SSSR count). The molecular formula is C10H13NO. The monoisotopic (exact) mass is 163 g/mol. The van der Waals surface area contributed by atoms with Gasteiger partial charge in [-0.15, -0.1) is 0 Å². The Morgan fingerprint density at radius 1 is 1.58 bits per heavy atom. The zero-order chi connectivity index (χ0) is 8.55. The summed E-state index contributed by atoms with van der Waals surface area (Å²) in [6.07, 6.45) is 6.02. The van der Waals surface area contributed by atoms with Gasteiger partial charge in [-0.1, -0.05) is 6.92 Å². The normalized spacial score (nSPS) is 21.0. The minimum Gasteiger partial charge on any atom is -0.392 e. The lowest BCUT2D eigenvalue weighted by atomic mass is 10.0. The quantitative estimate of drug-likeness (QED) is 0.682. The number of hydrogen-bond donors (Lipinski definition) is 1. The topological polar surface area (TPSA) is 33.1 Å². The van der Waals surface area contributed by atoms with Crippen LogP contribution in [0.5, 0.6) is 0 Å². The second kappa shape index (κ2) is 2.87. The summed E-state index contributed by atoms with van der Waals surface area (Å²) >= 11 is 0. The molecule has 1 heterocycles. The zero-order valence-corrected chi connectivity index (χ0v) is 7.25. The van der Waals surface area contributed by atoms with E-state index in [9.17, 15) is 0 Å². The van der Waals surface area contributed by atoms with Crippen molar-refractivity contribution in [3.63, 3.8) is 0 Å². The number of nitrogens with zero attached hydrogens (tertiary/aromatic N) is 1. The summed E-state index contributed by atoms with van der Waals surface area (Å²) in [4.78, 5) is 4.12. The van der Waals surface area contributed by atoms with E-state index < -0.39 is 0 Å². The molecule has 0 unspecified atom stereocenters. The Hall–Kier alpha value is -0.890. The summed E-state index contributed by atoms with van der Waals surface area (Å²) in [6.45, 7) is 2.34. The lowest BCUT2D eigenvalue weighted by Gasteiger charge is -2.05. The van der Waals surface area contributed by atoms with Crippen LogP contribution in [0.15, 0.2) is 12.4 Å². The van der Waals surface area contributed by atoms with Crippen LogP contribution in [0.25, 0.3) is 0 Å². The van der Waals surface area contributed by atoms with Crippen molar-refractivity contribution in [1.82, 2.24) is 4.98 Å². The van der Waals surface area contributed by atoms with Crippen LogP contribution in [-0.2, 0) is 13.0 Å². The predicted molar refractivity (Wildman–Crippen MR) is 46.9 cm³/mol. The highest BCUT2D eigenvalue weighted by Crippen LogP contribution is 2.33. The van der Waals surface area contributed by atoms with E-state index in [1.165, 1.54) is 17.5 Å². The number of rotatable bonds is 1. The smallest absolute Gasteiger partial charge is 0.0699 e. The summed E-state index contributed by atoms with van der Waals surface area (Å²) in [6, 6.07) is 0. The number of pyridine rings is 1. The Kier molecular flexibility index (Phi) is 1.85. The lowest BCUT2D eigenvalue weighted by molar-refractivity contribution is 0.280. The molecule has 0 amide bonds. The number of aliphatic hydroxyl groups excluding tert-OH is 1. The van der Waals surface area contributed by atoms with Crippen LogP contribution in [0.4, 0.5) is 0 Å². The van der Waals surface area contributed by atoms with Crippen molar-refractivity contribution >= 4 is 0 Å². The zero-order valence-electron chi connectivity index (χ0n) is 7.25. The van der Waals surface area contributed by atoms with Crippen LogP contribution in [0.2, 0.25) is 0 Å². The van der Waals surface area contributed by atoms with E-state index in [0.717, 1.165) is 12.0 Å². The summed E-state index contributed by atoms with van der Waals surface area (Å²) in [5.74, 6) is 0.624. The predicted octanol–water partition coefficient (Wildman–Crippen LogP) is 1.62. The second-order valence-corrected chi connectivity index (χ2v) is 3.46. The van der Waals surface area contributed by atoms with E-state index in [-0.39, 0.29) is 6.61 Å². The molecule has 1 N–H and O–H groups in total. The van der Waals surface area contributed by atoms with Crippen LogP contribution < -0.4 is 0 Å². The molecule has 0 aromatic carbocycles. The molecule has 2 heteroatoms. The number of hydrogen-bond acceptors (Lipinski definition) is 2. The van der Waals surface area contributed by atoms with Crippen LogP contribution in [0, 0.1) is 0 Å². The maximum Gasteiger partial charge on any atom is 0.0699 e. The lowest BCUT2D eigenvalue weighted by Crippen LogP contribution is -1.95. The third kappa shape index (κ3) is 1.03. The van der Waals surface area contributed by atoms with Crippen LogP contribution in [-0.4, -0.2) is 10.1 Å². The first-order valence-electron chi connectivity index (χ1n) is 4.39. The van der Waals surface area contributed by atoms with Gasteiger partial charge in [-0.2, -0.15) is 0 Å². The van der Waals surface area contributed by atoms with Gasteiger partial charge in [-0.3, -0.25) is 4.98 Å². The average molecular weight is 163 g/mol. The molecule has 1 aliphatic carbocycles. The van der Waals surface area contributed by atoms with Gasteiger partial charge in [-0.25, -0.2) is 0 Å². The number of aliphatic hydroxyl groups is 1. The fourth-order valence-corrected chi connectivity index (χ4v) is 1.93. The van der Waals surface area contributed by atoms with Gasteiger partial charge in [0.05, 0.1) is 6.61 Å². The Bertz CT molecular complexity index is 296. The van der Waals surface area contributed by atoms with Crippen molar-refractivity contribution < 1.29 is 5.11 Å². The number of aromatic nitrogens is 1. The average Bonchev–Trinajstić information content (AvgIpc) is 2.48. The van der Waals surface area contributed by atoms with Gasteiger partial charge in [0.15, 0.2) is 0 Å². The first-order chi connectivity index (χ1) is 5.83. The van der Waals surface area contributed by atoms with Gasteiger partial charge in [0.25, 0.3) is 0 Å². The van der Waals surface area contributed by atoms with E-state index in [0.29, 0.717) is 5.92 Å². The van der Waals surface area contributed by atoms with Crippen LogP contribution in [0.1, 0.15) is 36.0 Å². The van der Waals surface area contributed by atoms with E-state index in [1.807, 2.05) is 6.20 Å². The number of fused-ring (bicyclic) bond motifs is 1. The second-order valence-electron chi connectivity index (χ2n) is 3.46. The van der Waals surface area contributed by atoms with Crippen molar-refractivity contribution in [3.8, 4) is 0 Å². The highest BCUT2D eigenvalue weighted by molar-refractivity contribution is 5.37. The Morgan fingerprint density at radius 2 is 2.42 bits per heavy atom. The van der Waals surface area contributed by atoms with E-state index in [2.05, 4.69) is 11.9 Å². The van der Waals surface area contributed by atoms with Crippen LogP contribution >= 0.6 is 0 Å². The fourth-order valence-electron chi connectivity index (χ4n) is 1.93. The summed E-state index contributed by atoms with van der Waals surface area (Å²) in [5.41, 5.74) is 3.68. The first kappa shape index (κ1) is 7.74. The highest BCUT2D eigenvalue weighted by Gasteiger charge is 2.20. The van der Waals surface area contributed by atoms with Gasteiger partial charge in [0.2, 0.25) is 0 Å². The minimum absolute atomic E-state index is 0.128. The molecule has 0 saturated heterocycles. The Balaban J connectivity index is 2.50. The molecule has 1 aliphatic rings. The van der Waals surface area contributed by atoms with Gasteiger partial charge in [0.1, 0.15) is 0 Å². The third-order valence-electron chi connectivity index (χ3n) is 2.71. The summed E-state index contributed by atoms with van der Waals surface area (Å²) < 4.78 is 0. The van der Waals surface area contributed by atoms with E-state index in [1.54, 1.807) is 6.20 Å². The molecule has 0 radical (unpaired) electrons. The third-order valence-corrected chi connectivity index (χ3v) is 2.71. The van der Waals surface area contributed by atoms with Gasteiger partial charge in [-0.05, 0) is 35.4 Å². The SMILES string of the molecule is C[C@H]1CCc2c(CO)cncc21. The maximum atomic E-state index is 9.05. The largest absolute Gasteiger partial charge is 0.392 e. The first-order valence-corrected chi connectivity index (χ1v) is 4.39. The molecule has 64 valence electrons. The minimum atomic E-state index is 0.128. The molecular weight excluding hydrogens is 150 g/mol. The molecule has 0 spiro atoms. The molecule has 1 aromatic heterocycles. The summed E-state index contributed by atoms with van der Waals surface area (Å²) in [7, 11) is 0. The molecule has 0 bridgehead atoms. The van der Waals surface area contributed by atoms with Crippen molar-refractivity contribution in [3.05, 3.63) is 29.1 Å². The fraction of sp³-hybridized carbons (Fsp3) is 0.500. The molecule has 0 saturated carbocycles. The summed E-state index contributed by atoms with van der Waals surface area (Å²) in [5, 5.41) is 9.05. The molecule has 0 aliphatic heterocycles. The standard InChI is InChI=1S/C10H13NO/c1-7-2-3-9-8(6-12)4-11-5-10(7)9/h4-5,7,12H,2-3,6H2,1H3/t7-/m0/s1. The van der Waals surface area contributed by atoms with Crippen molar-refractivity contribution in [2.24, 2.45) is 0 Å². The van der Waals surface area contributed by atoms with Gasteiger partial charge >= 0.3 is 0 Å². The molecule has 2 nitrogen and oxygen atoms in total. The van der Waals surface area contributed by atoms with Gasteiger partial charge < -0.3 is 5.11 Å².